The van der Waals surface area contributed by atoms with Crippen LogP contribution in [-0.4, -0.2) is 29.8 Å². The molecule has 0 saturated heterocycles. The molecule has 5 heteroatoms. The van der Waals surface area contributed by atoms with Crippen molar-refractivity contribution in [3.05, 3.63) is 105 Å². The molecular formula is C27H29BrN2O2. The summed E-state index contributed by atoms with van der Waals surface area (Å²) in [6, 6.07) is 23.2. The number of rotatable bonds is 8. The largest absolute Gasteiger partial charge is 0.357 e. The van der Waals surface area contributed by atoms with Gasteiger partial charge in [-0.2, -0.15) is 0 Å². The quantitative estimate of drug-likeness (QED) is 0.481. The van der Waals surface area contributed by atoms with Crippen molar-refractivity contribution in [3.8, 4) is 0 Å². The van der Waals surface area contributed by atoms with E-state index < -0.39 is 6.04 Å². The molecule has 166 valence electrons. The molecule has 32 heavy (non-hydrogen) atoms. The van der Waals surface area contributed by atoms with E-state index in [-0.39, 0.29) is 18.2 Å². The van der Waals surface area contributed by atoms with Crippen molar-refractivity contribution in [3.63, 3.8) is 0 Å². The lowest BCUT2D eigenvalue weighted by Gasteiger charge is -2.31. The van der Waals surface area contributed by atoms with Gasteiger partial charge in [-0.05, 0) is 42.7 Å². The van der Waals surface area contributed by atoms with Crippen LogP contribution in [0.5, 0.6) is 0 Å². The van der Waals surface area contributed by atoms with E-state index in [1.54, 1.807) is 11.9 Å². The maximum absolute atomic E-state index is 13.6. The molecular weight excluding hydrogens is 464 g/mol. The molecule has 3 aromatic carbocycles. The Morgan fingerprint density at radius 3 is 2.09 bits per heavy atom. The number of halogens is 1. The van der Waals surface area contributed by atoms with Crippen molar-refractivity contribution in [2.75, 3.05) is 7.05 Å². The summed E-state index contributed by atoms with van der Waals surface area (Å²) in [5.41, 5.74) is 5.20. The fourth-order valence-corrected chi connectivity index (χ4v) is 4.22. The number of carbonyl (C=O) groups excluding carboxylic acids is 2. The minimum Gasteiger partial charge on any atom is -0.357 e. The fourth-order valence-electron chi connectivity index (χ4n) is 3.95. The lowest BCUT2D eigenvalue weighted by molar-refractivity contribution is -0.140. The summed E-state index contributed by atoms with van der Waals surface area (Å²) in [6.07, 6.45) is 0.705. The molecule has 4 nitrogen and oxygen atoms in total. The predicted octanol–water partition coefficient (Wildman–Crippen LogP) is 4.99. The molecule has 1 N–H and O–H groups in total. The molecule has 0 radical (unpaired) electrons. The lowest BCUT2D eigenvalue weighted by atomic mass is 10.0. The zero-order valence-electron chi connectivity index (χ0n) is 18.8. The molecule has 0 saturated carbocycles. The van der Waals surface area contributed by atoms with E-state index in [4.69, 9.17) is 0 Å². The van der Waals surface area contributed by atoms with Gasteiger partial charge in [0.15, 0.2) is 0 Å². The molecule has 0 heterocycles. The maximum Gasteiger partial charge on any atom is 0.242 e. The molecule has 0 spiro atoms. The van der Waals surface area contributed by atoms with Gasteiger partial charge in [0.1, 0.15) is 6.04 Å². The van der Waals surface area contributed by atoms with Crippen LogP contribution < -0.4 is 5.32 Å². The number of nitrogens with one attached hydrogen (secondary N) is 1. The monoisotopic (exact) mass is 492 g/mol. The molecule has 0 aromatic heterocycles. The molecule has 2 amide bonds. The minimum atomic E-state index is -0.607. The minimum absolute atomic E-state index is 0.0672. The highest BCUT2D eigenvalue weighted by Gasteiger charge is 2.29. The van der Waals surface area contributed by atoms with Crippen molar-refractivity contribution in [2.45, 2.75) is 39.3 Å². The Kier molecular flexibility index (Phi) is 8.23. The Morgan fingerprint density at radius 2 is 1.50 bits per heavy atom. The molecule has 0 bridgehead atoms. The summed E-state index contributed by atoms with van der Waals surface area (Å²) in [6.45, 7) is 4.43. The van der Waals surface area contributed by atoms with E-state index in [0.29, 0.717) is 13.0 Å². The fraction of sp³-hybridized carbons (Fsp3) is 0.259. The molecule has 1 atom stereocenters. The molecule has 3 rings (SSSR count). The number of aryl methyl sites for hydroxylation is 2. The van der Waals surface area contributed by atoms with Gasteiger partial charge in [-0.15, -0.1) is 0 Å². The molecule has 0 fully saturated rings. The highest BCUT2D eigenvalue weighted by molar-refractivity contribution is 9.10. The molecule has 3 aromatic rings. The highest BCUT2D eigenvalue weighted by Crippen LogP contribution is 2.19. The first-order valence-corrected chi connectivity index (χ1v) is 11.5. The third-order valence-corrected chi connectivity index (χ3v) is 5.95. The van der Waals surface area contributed by atoms with Crippen molar-refractivity contribution in [1.29, 1.82) is 0 Å². The van der Waals surface area contributed by atoms with Crippen LogP contribution in [0.1, 0.15) is 27.8 Å². The molecule has 0 aliphatic heterocycles. The Balaban J connectivity index is 1.95. The van der Waals surface area contributed by atoms with Gasteiger partial charge in [-0.1, -0.05) is 87.7 Å². The van der Waals surface area contributed by atoms with Gasteiger partial charge in [-0.3, -0.25) is 9.59 Å². The second-order valence-electron chi connectivity index (χ2n) is 8.14. The summed E-state index contributed by atoms with van der Waals surface area (Å²) in [5, 5.41) is 2.76. The highest BCUT2D eigenvalue weighted by atomic mass is 79.9. The van der Waals surface area contributed by atoms with Gasteiger partial charge in [0.2, 0.25) is 11.8 Å². The maximum atomic E-state index is 13.6. The van der Waals surface area contributed by atoms with E-state index >= 15 is 0 Å². The van der Waals surface area contributed by atoms with Gasteiger partial charge < -0.3 is 10.2 Å². The third kappa shape index (κ3) is 6.54. The van der Waals surface area contributed by atoms with E-state index in [9.17, 15) is 9.59 Å². The van der Waals surface area contributed by atoms with Crippen molar-refractivity contribution < 1.29 is 9.59 Å². The number of hydrogen-bond acceptors (Lipinski definition) is 2. The molecule has 1 unspecified atom stereocenters. The standard InChI is InChI=1S/C27H29BrN2O2/c1-19-13-20(2)15-23(14-19)17-26(31)30(18-22-9-11-24(28)12-10-22)25(27(32)29-3)16-21-7-5-4-6-8-21/h4-15,25H,16-18H2,1-3H3,(H,29,32). The third-order valence-electron chi connectivity index (χ3n) is 5.42. The number of carbonyl (C=O) groups is 2. The number of likely N-dealkylation sites (N-methyl/N-ethyl adjacent to an activating group) is 1. The Morgan fingerprint density at radius 1 is 0.875 bits per heavy atom. The van der Waals surface area contributed by atoms with Crippen LogP contribution in [0.25, 0.3) is 0 Å². The Bertz CT molecular complexity index is 1040. The topological polar surface area (TPSA) is 49.4 Å². The molecule has 0 aliphatic rings. The number of hydrogen-bond donors (Lipinski definition) is 1. The molecule has 0 aliphatic carbocycles. The Hall–Kier alpha value is -2.92. The van der Waals surface area contributed by atoms with Crippen LogP contribution >= 0.6 is 15.9 Å². The lowest BCUT2D eigenvalue weighted by Crippen LogP contribution is -2.50. The van der Waals surface area contributed by atoms with E-state index in [1.165, 1.54) is 0 Å². The van der Waals surface area contributed by atoms with Crippen LogP contribution in [0.2, 0.25) is 0 Å². The predicted molar refractivity (Wildman–Crippen MR) is 132 cm³/mol. The van der Waals surface area contributed by atoms with Crippen molar-refractivity contribution >= 4 is 27.7 Å². The van der Waals surface area contributed by atoms with Gasteiger partial charge in [0.05, 0.1) is 6.42 Å². The normalized spacial score (nSPS) is 11.6. The van der Waals surface area contributed by atoms with Crippen LogP contribution in [-0.2, 0) is 29.0 Å². The van der Waals surface area contributed by atoms with Gasteiger partial charge in [0.25, 0.3) is 0 Å². The first-order chi connectivity index (χ1) is 15.4. The van der Waals surface area contributed by atoms with Crippen molar-refractivity contribution in [2.24, 2.45) is 0 Å². The zero-order chi connectivity index (χ0) is 23.1. The van der Waals surface area contributed by atoms with Gasteiger partial charge >= 0.3 is 0 Å². The van der Waals surface area contributed by atoms with Crippen LogP contribution in [0.3, 0.4) is 0 Å². The van der Waals surface area contributed by atoms with E-state index in [0.717, 1.165) is 32.3 Å². The second kappa shape index (κ2) is 11.1. The second-order valence-corrected chi connectivity index (χ2v) is 9.06. The first-order valence-electron chi connectivity index (χ1n) is 10.7. The van der Waals surface area contributed by atoms with Crippen molar-refractivity contribution in [1.82, 2.24) is 10.2 Å². The number of amides is 2. The smallest absolute Gasteiger partial charge is 0.242 e. The van der Waals surface area contributed by atoms with Crippen LogP contribution in [0, 0.1) is 13.8 Å². The van der Waals surface area contributed by atoms with Gasteiger partial charge in [-0.25, -0.2) is 0 Å². The summed E-state index contributed by atoms with van der Waals surface area (Å²) in [7, 11) is 1.62. The summed E-state index contributed by atoms with van der Waals surface area (Å²) >= 11 is 3.46. The van der Waals surface area contributed by atoms with Gasteiger partial charge in [0, 0.05) is 24.5 Å². The zero-order valence-corrected chi connectivity index (χ0v) is 20.4. The van der Waals surface area contributed by atoms with Crippen LogP contribution in [0.4, 0.5) is 0 Å². The summed E-state index contributed by atoms with van der Waals surface area (Å²) in [5.74, 6) is -0.234. The first kappa shape index (κ1) is 23.7. The van der Waals surface area contributed by atoms with Crippen LogP contribution in [0.15, 0.2) is 77.3 Å². The number of nitrogens with zero attached hydrogens (tertiary/aromatic N) is 1. The van der Waals surface area contributed by atoms with E-state index in [2.05, 4.69) is 27.3 Å². The Labute approximate surface area is 198 Å². The average Bonchev–Trinajstić information content (AvgIpc) is 2.76. The summed E-state index contributed by atoms with van der Waals surface area (Å²) < 4.78 is 0.974. The SMILES string of the molecule is CNC(=O)C(Cc1ccccc1)N(Cc1ccc(Br)cc1)C(=O)Cc1cc(C)cc(C)c1. The number of benzene rings is 3. The summed E-state index contributed by atoms with van der Waals surface area (Å²) in [4.78, 5) is 28.3. The van der Waals surface area contributed by atoms with E-state index in [1.807, 2.05) is 80.6 Å². The average molecular weight is 493 g/mol.